The van der Waals surface area contributed by atoms with Crippen molar-refractivity contribution in [1.82, 2.24) is 20.6 Å². The number of carbonyl (C=O) groups excluding carboxylic acids is 2. The first kappa shape index (κ1) is 23.4. The molecule has 2 saturated heterocycles. The van der Waals surface area contributed by atoms with Crippen LogP contribution in [0.5, 0.6) is 0 Å². The Kier molecular flexibility index (Phi) is 6.53. The van der Waals surface area contributed by atoms with Crippen molar-refractivity contribution in [1.29, 1.82) is 0 Å². The number of nitrogens with one attached hydrogen (secondary N) is 2. The highest BCUT2D eigenvalue weighted by molar-refractivity contribution is 8.18. The molecule has 35 heavy (non-hydrogen) atoms. The Hall–Kier alpha value is -3.30. The minimum absolute atomic E-state index is 0.162. The van der Waals surface area contributed by atoms with Crippen molar-refractivity contribution in [3.63, 3.8) is 0 Å². The number of hydrogen-bond donors (Lipinski definition) is 2. The van der Waals surface area contributed by atoms with Crippen LogP contribution in [0.2, 0.25) is 0 Å². The quantitative estimate of drug-likeness (QED) is 0.491. The molecule has 5 rings (SSSR count). The predicted molar refractivity (Wildman–Crippen MR) is 136 cm³/mol. The second kappa shape index (κ2) is 9.75. The second-order valence-electron chi connectivity index (χ2n) is 9.31. The fourth-order valence-electron chi connectivity index (χ4n) is 4.43. The van der Waals surface area contributed by atoms with Gasteiger partial charge in [0.05, 0.1) is 21.8 Å². The van der Waals surface area contributed by atoms with E-state index in [0.717, 1.165) is 66.7 Å². The van der Waals surface area contributed by atoms with Crippen molar-refractivity contribution in [3.05, 3.63) is 70.6 Å². The summed E-state index contributed by atoms with van der Waals surface area (Å²) in [7, 11) is 0. The van der Waals surface area contributed by atoms with Crippen molar-refractivity contribution in [2.75, 3.05) is 24.5 Å². The van der Waals surface area contributed by atoms with E-state index in [1.54, 1.807) is 12.1 Å². The van der Waals surface area contributed by atoms with Crippen LogP contribution in [0, 0.1) is 11.2 Å². The molecule has 0 bridgehead atoms. The SMILES string of the molecule is CC1(CNCc2ccc3cc(F)ccc3n2)CCN(c2cccc(/C=C3\SC(=O)NC3=O)n2)CC1. The van der Waals surface area contributed by atoms with E-state index in [9.17, 15) is 14.0 Å². The number of imide groups is 1. The Morgan fingerprint density at radius 2 is 1.97 bits per heavy atom. The first-order valence-corrected chi connectivity index (χ1v) is 12.4. The van der Waals surface area contributed by atoms with Gasteiger partial charge in [-0.1, -0.05) is 19.1 Å². The van der Waals surface area contributed by atoms with Gasteiger partial charge in [-0.05, 0) is 72.5 Å². The van der Waals surface area contributed by atoms with Crippen LogP contribution in [0.25, 0.3) is 17.0 Å². The molecule has 0 saturated carbocycles. The Morgan fingerprint density at radius 3 is 2.74 bits per heavy atom. The number of aromatic nitrogens is 2. The van der Waals surface area contributed by atoms with Gasteiger partial charge in [-0.15, -0.1) is 0 Å². The number of nitrogens with zero attached hydrogens (tertiary/aromatic N) is 3. The lowest BCUT2D eigenvalue weighted by atomic mass is 9.80. The van der Waals surface area contributed by atoms with Crippen LogP contribution in [0.3, 0.4) is 0 Å². The molecule has 1 aromatic carbocycles. The molecule has 0 atom stereocenters. The average Bonchev–Trinajstić information content (AvgIpc) is 3.16. The van der Waals surface area contributed by atoms with E-state index in [1.807, 2.05) is 30.3 Å². The zero-order valence-corrected chi connectivity index (χ0v) is 20.2. The van der Waals surface area contributed by atoms with Gasteiger partial charge in [-0.2, -0.15) is 0 Å². The van der Waals surface area contributed by atoms with Crippen molar-refractivity contribution >= 4 is 45.7 Å². The third kappa shape index (κ3) is 5.52. The molecule has 2 N–H and O–H groups in total. The van der Waals surface area contributed by atoms with Crippen LogP contribution in [0.1, 0.15) is 31.2 Å². The van der Waals surface area contributed by atoms with Crippen LogP contribution < -0.4 is 15.5 Å². The van der Waals surface area contributed by atoms with Gasteiger partial charge in [-0.3, -0.25) is 19.9 Å². The number of amides is 2. The average molecular weight is 492 g/mol. The second-order valence-corrected chi connectivity index (χ2v) is 10.3. The van der Waals surface area contributed by atoms with Crippen molar-refractivity contribution in [2.45, 2.75) is 26.3 Å². The van der Waals surface area contributed by atoms with E-state index < -0.39 is 0 Å². The summed E-state index contributed by atoms with van der Waals surface area (Å²) < 4.78 is 13.4. The lowest BCUT2D eigenvalue weighted by molar-refractivity contribution is -0.115. The van der Waals surface area contributed by atoms with Crippen molar-refractivity contribution < 1.29 is 14.0 Å². The smallest absolute Gasteiger partial charge is 0.290 e. The molecule has 0 spiro atoms. The minimum atomic E-state index is -0.374. The molecule has 2 aliphatic rings. The minimum Gasteiger partial charge on any atom is -0.357 e. The fourth-order valence-corrected chi connectivity index (χ4v) is 5.10. The molecule has 4 heterocycles. The maximum atomic E-state index is 13.4. The van der Waals surface area contributed by atoms with Crippen LogP contribution in [-0.2, 0) is 11.3 Å². The number of hydrogen-bond acceptors (Lipinski definition) is 7. The third-order valence-corrected chi connectivity index (χ3v) is 7.35. The highest BCUT2D eigenvalue weighted by Gasteiger charge is 2.30. The van der Waals surface area contributed by atoms with Crippen LogP contribution >= 0.6 is 11.8 Å². The van der Waals surface area contributed by atoms with Gasteiger partial charge in [0.25, 0.3) is 11.1 Å². The summed E-state index contributed by atoms with van der Waals surface area (Å²) in [6.07, 6.45) is 3.69. The molecular formula is C26H26FN5O2S. The Bertz CT molecular complexity index is 1320. The number of piperidine rings is 1. The largest absolute Gasteiger partial charge is 0.357 e. The molecule has 0 unspecified atom stereocenters. The number of anilines is 1. The van der Waals surface area contributed by atoms with Crippen LogP contribution in [0.15, 0.2) is 53.4 Å². The highest BCUT2D eigenvalue weighted by atomic mass is 32.2. The lowest BCUT2D eigenvalue weighted by Crippen LogP contribution is -2.43. The standard InChI is InChI=1S/C26H26FN5O2S/c1-26(16-28-15-20-7-5-17-13-18(27)6-8-21(17)29-20)9-11-32(12-10-26)23-4-2-3-19(30-23)14-22-24(33)31-25(34)35-22/h2-8,13-14,28H,9-12,15-16H2,1H3,(H,31,33,34)/b22-14-. The monoisotopic (exact) mass is 491 g/mol. The zero-order chi connectivity index (χ0) is 24.4. The summed E-state index contributed by atoms with van der Waals surface area (Å²) in [5, 5.41) is 6.27. The first-order valence-electron chi connectivity index (χ1n) is 11.6. The molecule has 2 amide bonds. The third-order valence-electron chi connectivity index (χ3n) is 6.54. The van der Waals surface area contributed by atoms with Gasteiger partial charge < -0.3 is 10.2 Å². The number of pyridine rings is 2. The molecule has 180 valence electrons. The first-order chi connectivity index (χ1) is 16.9. The van der Waals surface area contributed by atoms with Gasteiger partial charge in [0, 0.05) is 31.6 Å². The summed E-state index contributed by atoms with van der Waals surface area (Å²) in [5.41, 5.74) is 2.57. The number of rotatable bonds is 6. The normalized spacial score (nSPS) is 18.9. The maximum Gasteiger partial charge on any atom is 0.290 e. The molecule has 0 aliphatic carbocycles. The van der Waals surface area contributed by atoms with E-state index in [0.29, 0.717) is 17.1 Å². The van der Waals surface area contributed by atoms with Gasteiger partial charge in [-0.25, -0.2) is 9.37 Å². The number of thioether (sulfide) groups is 1. The van der Waals surface area contributed by atoms with E-state index in [2.05, 4.69) is 27.4 Å². The van der Waals surface area contributed by atoms with Crippen molar-refractivity contribution in [3.8, 4) is 0 Å². The Balaban J connectivity index is 1.16. The predicted octanol–water partition coefficient (Wildman–Crippen LogP) is 4.49. The van der Waals surface area contributed by atoms with Crippen LogP contribution in [-0.4, -0.2) is 40.7 Å². The number of fused-ring (bicyclic) bond motifs is 1. The van der Waals surface area contributed by atoms with Gasteiger partial charge >= 0.3 is 0 Å². The Morgan fingerprint density at radius 1 is 1.14 bits per heavy atom. The molecule has 2 fully saturated rings. The summed E-state index contributed by atoms with van der Waals surface area (Å²) in [4.78, 5) is 35.2. The van der Waals surface area contributed by atoms with Gasteiger partial charge in [0.15, 0.2) is 0 Å². The van der Waals surface area contributed by atoms with E-state index in [-0.39, 0.29) is 22.4 Å². The fraction of sp³-hybridized carbons (Fsp3) is 0.308. The zero-order valence-electron chi connectivity index (χ0n) is 19.4. The maximum absolute atomic E-state index is 13.4. The molecule has 7 nitrogen and oxygen atoms in total. The van der Waals surface area contributed by atoms with E-state index in [1.165, 1.54) is 12.1 Å². The van der Waals surface area contributed by atoms with Crippen molar-refractivity contribution in [2.24, 2.45) is 5.41 Å². The molecule has 2 aliphatic heterocycles. The summed E-state index contributed by atoms with van der Waals surface area (Å²) >= 11 is 0.898. The van der Waals surface area contributed by atoms with Crippen LogP contribution in [0.4, 0.5) is 15.0 Å². The van der Waals surface area contributed by atoms with Gasteiger partial charge in [0.2, 0.25) is 0 Å². The van der Waals surface area contributed by atoms with Gasteiger partial charge in [0.1, 0.15) is 11.6 Å². The molecule has 3 aromatic rings. The molecule has 2 aromatic heterocycles. The summed E-state index contributed by atoms with van der Waals surface area (Å²) in [6.45, 7) is 5.62. The molecule has 0 radical (unpaired) electrons. The number of halogens is 1. The molecule has 9 heteroatoms. The van der Waals surface area contributed by atoms with E-state index >= 15 is 0 Å². The molecular weight excluding hydrogens is 465 g/mol. The summed E-state index contributed by atoms with van der Waals surface area (Å²) in [5.74, 6) is 0.252. The van der Waals surface area contributed by atoms with E-state index in [4.69, 9.17) is 4.98 Å². The number of benzene rings is 1. The number of carbonyl (C=O) groups is 2. The summed E-state index contributed by atoms with van der Waals surface area (Å²) in [6, 6.07) is 14.2. The highest BCUT2D eigenvalue weighted by Crippen LogP contribution is 2.32. The topological polar surface area (TPSA) is 87.2 Å². The lowest BCUT2D eigenvalue weighted by Gasteiger charge is -2.40. The Labute approximate surface area is 207 Å².